The van der Waals surface area contributed by atoms with Crippen LogP contribution in [0.1, 0.15) is 35.7 Å². The van der Waals surface area contributed by atoms with Crippen LogP contribution < -0.4 is 4.74 Å². The normalized spacial score (nSPS) is 26.4. The number of hydrogen-bond donors (Lipinski definition) is 0. The lowest BCUT2D eigenvalue weighted by Gasteiger charge is -2.39. The van der Waals surface area contributed by atoms with Crippen LogP contribution in [-0.4, -0.2) is 66.5 Å². The number of carbonyl (C=O) groups excluding carboxylic acids is 3. The number of fused-ring (bicyclic) bond motifs is 2. The number of ether oxygens (including phenoxy) is 2. The number of nitrogens with zero attached hydrogens (tertiary/aromatic N) is 2. The lowest BCUT2D eigenvalue weighted by Crippen LogP contribution is -2.57. The fourth-order valence-electron chi connectivity index (χ4n) is 4.69. The minimum absolute atomic E-state index is 0.0489. The molecule has 0 radical (unpaired) electrons. The van der Waals surface area contributed by atoms with Crippen LogP contribution in [0, 0.1) is 5.92 Å². The molecule has 3 aliphatic heterocycles. The van der Waals surface area contributed by atoms with Gasteiger partial charge >= 0.3 is 5.97 Å². The van der Waals surface area contributed by atoms with E-state index in [1.807, 2.05) is 24.0 Å². The molecule has 3 heterocycles. The van der Waals surface area contributed by atoms with Gasteiger partial charge in [0.2, 0.25) is 5.91 Å². The van der Waals surface area contributed by atoms with Crippen LogP contribution in [0.25, 0.3) is 0 Å². The minimum atomic E-state index is -0.318. The molecule has 7 heteroatoms. The summed E-state index contributed by atoms with van der Waals surface area (Å²) in [5.74, 6) is -0.00810. The zero-order valence-corrected chi connectivity index (χ0v) is 15.6. The van der Waals surface area contributed by atoms with Crippen molar-refractivity contribution in [3.63, 3.8) is 0 Å². The lowest BCUT2D eigenvalue weighted by atomic mass is 9.97. The number of piperazine rings is 1. The van der Waals surface area contributed by atoms with Crippen molar-refractivity contribution in [1.82, 2.24) is 9.80 Å². The van der Waals surface area contributed by atoms with Gasteiger partial charge in [0.15, 0.2) is 0 Å². The first-order valence-electron chi connectivity index (χ1n) is 9.47. The van der Waals surface area contributed by atoms with Crippen molar-refractivity contribution >= 4 is 17.8 Å². The highest BCUT2D eigenvalue weighted by atomic mass is 16.5. The van der Waals surface area contributed by atoms with Crippen molar-refractivity contribution < 1.29 is 23.9 Å². The first kappa shape index (κ1) is 17.8. The second kappa shape index (κ2) is 6.87. The van der Waals surface area contributed by atoms with Gasteiger partial charge in [0.1, 0.15) is 12.3 Å². The Bertz CT molecular complexity index is 793. The molecule has 0 aromatic heterocycles. The van der Waals surface area contributed by atoms with E-state index in [0.29, 0.717) is 31.6 Å². The highest BCUT2D eigenvalue weighted by Gasteiger charge is 2.49. The summed E-state index contributed by atoms with van der Waals surface area (Å²) in [5.41, 5.74) is 1.61. The van der Waals surface area contributed by atoms with Crippen molar-refractivity contribution in [2.45, 2.75) is 38.3 Å². The van der Waals surface area contributed by atoms with E-state index in [-0.39, 0.29) is 42.3 Å². The highest BCUT2D eigenvalue weighted by molar-refractivity contribution is 5.97. The van der Waals surface area contributed by atoms with Gasteiger partial charge in [-0.3, -0.25) is 14.4 Å². The predicted octanol–water partition coefficient (Wildman–Crippen LogP) is 1.25. The number of rotatable bonds is 3. The van der Waals surface area contributed by atoms with E-state index in [0.717, 1.165) is 17.7 Å². The third-order valence-electron chi connectivity index (χ3n) is 5.93. The van der Waals surface area contributed by atoms with Gasteiger partial charge < -0.3 is 19.3 Å². The topological polar surface area (TPSA) is 76.1 Å². The van der Waals surface area contributed by atoms with E-state index in [9.17, 15) is 14.4 Å². The Morgan fingerprint density at radius 3 is 2.89 bits per heavy atom. The second-order valence-electron chi connectivity index (χ2n) is 7.40. The molecule has 3 atom stereocenters. The molecule has 2 fully saturated rings. The molecule has 0 saturated carbocycles. The van der Waals surface area contributed by atoms with E-state index < -0.39 is 0 Å². The molecule has 0 bridgehead atoms. The van der Waals surface area contributed by atoms with E-state index in [1.54, 1.807) is 11.0 Å². The molecule has 1 aromatic carbocycles. The Kier molecular flexibility index (Phi) is 4.53. The molecule has 0 unspecified atom stereocenters. The average Bonchev–Trinajstić information content (AvgIpc) is 3.30. The third kappa shape index (κ3) is 2.95. The number of carbonyl (C=O) groups is 3. The number of hydrogen-bond acceptors (Lipinski definition) is 5. The predicted molar refractivity (Wildman–Crippen MR) is 96.4 cm³/mol. The van der Waals surface area contributed by atoms with E-state index >= 15 is 0 Å². The molecule has 3 aliphatic rings. The third-order valence-corrected chi connectivity index (χ3v) is 5.93. The lowest BCUT2D eigenvalue weighted by molar-refractivity contribution is -0.147. The van der Waals surface area contributed by atoms with Crippen LogP contribution in [0.3, 0.4) is 0 Å². The molecular weight excluding hydrogens is 348 g/mol. The van der Waals surface area contributed by atoms with Crippen molar-refractivity contribution in [3.8, 4) is 5.75 Å². The Balaban J connectivity index is 1.53. The van der Waals surface area contributed by atoms with Crippen LogP contribution in [0.4, 0.5) is 0 Å². The van der Waals surface area contributed by atoms with Crippen LogP contribution in [-0.2, 0) is 20.7 Å². The number of methoxy groups -OCH3 is 1. The molecular formula is C20H24N2O5. The maximum atomic E-state index is 13.0. The van der Waals surface area contributed by atoms with Crippen LogP contribution in [0.5, 0.6) is 5.75 Å². The summed E-state index contributed by atoms with van der Waals surface area (Å²) >= 11 is 0. The Morgan fingerprint density at radius 2 is 2.15 bits per heavy atom. The molecule has 27 heavy (non-hydrogen) atoms. The summed E-state index contributed by atoms with van der Waals surface area (Å²) in [6, 6.07) is 5.15. The van der Waals surface area contributed by atoms with Gasteiger partial charge in [-0.1, -0.05) is 6.92 Å². The summed E-state index contributed by atoms with van der Waals surface area (Å²) in [6.07, 6.45) is 2.03. The molecule has 4 rings (SSSR count). The van der Waals surface area contributed by atoms with Gasteiger partial charge in [-0.2, -0.15) is 0 Å². The van der Waals surface area contributed by atoms with Gasteiger partial charge in [-0.25, -0.2) is 0 Å². The molecule has 0 N–H and O–H groups in total. The smallest absolute Gasteiger partial charge is 0.310 e. The monoisotopic (exact) mass is 372 g/mol. The fraction of sp³-hybridized carbons (Fsp3) is 0.550. The first-order valence-corrected chi connectivity index (χ1v) is 9.47. The maximum Gasteiger partial charge on any atom is 0.310 e. The first-order chi connectivity index (χ1) is 13.0. The number of esters is 1. The van der Waals surface area contributed by atoms with Crippen LogP contribution >= 0.6 is 0 Å². The van der Waals surface area contributed by atoms with Gasteiger partial charge in [0.05, 0.1) is 25.7 Å². The SMILES string of the molecule is CC[C@H]1[C@@H](C(=O)OC)C[C@H]2CN(C(=O)c3ccc4c(c3)CCO4)CC(=O)N21. The summed E-state index contributed by atoms with van der Waals surface area (Å²) in [5, 5.41) is 0. The maximum absolute atomic E-state index is 13.0. The zero-order valence-electron chi connectivity index (χ0n) is 15.6. The molecule has 0 spiro atoms. The molecule has 2 saturated heterocycles. The van der Waals surface area contributed by atoms with Gasteiger partial charge in [-0.05, 0) is 36.6 Å². The summed E-state index contributed by atoms with van der Waals surface area (Å²) in [4.78, 5) is 41.3. The van der Waals surface area contributed by atoms with Crippen molar-refractivity contribution in [1.29, 1.82) is 0 Å². The van der Waals surface area contributed by atoms with Crippen molar-refractivity contribution in [2.75, 3.05) is 26.8 Å². The highest BCUT2D eigenvalue weighted by Crippen LogP contribution is 2.36. The molecule has 2 amide bonds. The Labute approximate surface area is 158 Å². The molecule has 7 nitrogen and oxygen atoms in total. The summed E-state index contributed by atoms with van der Waals surface area (Å²) in [6.45, 7) is 3.11. The van der Waals surface area contributed by atoms with Crippen molar-refractivity contribution in [2.24, 2.45) is 5.92 Å². The quantitative estimate of drug-likeness (QED) is 0.747. The summed E-state index contributed by atoms with van der Waals surface area (Å²) < 4.78 is 10.4. The average molecular weight is 372 g/mol. The van der Waals surface area contributed by atoms with Gasteiger partial charge in [-0.15, -0.1) is 0 Å². The van der Waals surface area contributed by atoms with Gasteiger partial charge in [0, 0.05) is 24.6 Å². The molecule has 144 valence electrons. The fourth-order valence-corrected chi connectivity index (χ4v) is 4.69. The Morgan fingerprint density at radius 1 is 1.33 bits per heavy atom. The van der Waals surface area contributed by atoms with Crippen molar-refractivity contribution in [3.05, 3.63) is 29.3 Å². The Hall–Kier alpha value is -2.57. The van der Waals surface area contributed by atoms with Gasteiger partial charge in [0.25, 0.3) is 5.91 Å². The largest absolute Gasteiger partial charge is 0.493 e. The summed E-state index contributed by atoms with van der Waals surface area (Å²) in [7, 11) is 1.38. The number of benzene rings is 1. The van der Waals surface area contributed by atoms with E-state index in [1.165, 1.54) is 7.11 Å². The van der Waals surface area contributed by atoms with Crippen LogP contribution in [0.2, 0.25) is 0 Å². The zero-order chi connectivity index (χ0) is 19.1. The number of amides is 2. The molecule has 0 aliphatic carbocycles. The molecule has 1 aromatic rings. The van der Waals surface area contributed by atoms with E-state index in [4.69, 9.17) is 9.47 Å². The van der Waals surface area contributed by atoms with E-state index in [2.05, 4.69) is 0 Å². The second-order valence-corrected chi connectivity index (χ2v) is 7.40. The van der Waals surface area contributed by atoms with Crippen LogP contribution in [0.15, 0.2) is 18.2 Å². The minimum Gasteiger partial charge on any atom is -0.493 e. The standard InChI is InChI=1S/C20H24N2O5/c1-3-16-15(20(25)26-2)9-14-10-21(11-18(23)22(14)16)19(24)13-4-5-17-12(8-13)6-7-27-17/h4-5,8,14-16H,3,6-7,9-11H2,1-2H3/t14-,15-,16-/m0/s1.